The van der Waals surface area contributed by atoms with Crippen LogP contribution in [0.15, 0.2) is 30.5 Å². The van der Waals surface area contributed by atoms with Crippen LogP contribution in [0.4, 0.5) is 0 Å². The van der Waals surface area contributed by atoms with Gasteiger partial charge >= 0.3 is 0 Å². The predicted molar refractivity (Wildman–Crippen MR) is 100 cm³/mol. The number of sulfonamides is 1. The van der Waals surface area contributed by atoms with Crippen LogP contribution in [0, 0.1) is 0 Å². The minimum atomic E-state index is -3.46. The molecule has 1 fully saturated rings. The second-order valence-corrected chi connectivity index (χ2v) is 8.63. The Morgan fingerprint density at radius 1 is 1.38 bits per heavy atom. The standard InChI is InChI=1S/C18H25N3O4S/c1-26(23,24)21(12-15-5-4-10-25-15)13-18(22)19-9-8-14-11-20-17-7-3-2-6-16(14)17/h2-3,6-7,11,15,20H,4-5,8-10,12-13H2,1H3,(H,19,22). The number of aromatic amines is 1. The molecule has 1 aromatic carbocycles. The molecule has 0 aliphatic carbocycles. The molecule has 7 nitrogen and oxygen atoms in total. The molecule has 26 heavy (non-hydrogen) atoms. The molecule has 1 amide bonds. The molecule has 142 valence electrons. The van der Waals surface area contributed by atoms with Crippen molar-refractivity contribution in [2.24, 2.45) is 0 Å². The van der Waals surface area contributed by atoms with E-state index in [4.69, 9.17) is 4.74 Å². The Morgan fingerprint density at radius 3 is 2.92 bits per heavy atom. The largest absolute Gasteiger partial charge is 0.377 e. The van der Waals surface area contributed by atoms with Gasteiger partial charge in [-0.15, -0.1) is 0 Å². The summed E-state index contributed by atoms with van der Waals surface area (Å²) in [4.78, 5) is 15.4. The van der Waals surface area contributed by atoms with Gasteiger partial charge in [0.25, 0.3) is 0 Å². The smallest absolute Gasteiger partial charge is 0.235 e. The first-order valence-corrected chi connectivity index (χ1v) is 10.7. The van der Waals surface area contributed by atoms with Crippen LogP contribution in [0.1, 0.15) is 18.4 Å². The SMILES string of the molecule is CS(=O)(=O)N(CC(=O)NCCc1c[nH]c2ccccc12)CC1CCCO1. The molecule has 0 bridgehead atoms. The Balaban J connectivity index is 1.51. The molecule has 1 aromatic heterocycles. The molecule has 1 unspecified atom stereocenters. The highest BCUT2D eigenvalue weighted by Gasteiger charge is 2.26. The summed E-state index contributed by atoms with van der Waals surface area (Å²) >= 11 is 0. The van der Waals surface area contributed by atoms with E-state index in [-0.39, 0.29) is 25.1 Å². The summed E-state index contributed by atoms with van der Waals surface area (Å²) in [6.45, 7) is 1.17. The van der Waals surface area contributed by atoms with Crippen LogP contribution in [0.25, 0.3) is 10.9 Å². The molecule has 0 radical (unpaired) electrons. The molecule has 3 rings (SSSR count). The van der Waals surface area contributed by atoms with E-state index < -0.39 is 10.0 Å². The number of carbonyl (C=O) groups is 1. The lowest BCUT2D eigenvalue weighted by Gasteiger charge is -2.22. The zero-order valence-electron chi connectivity index (χ0n) is 14.9. The van der Waals surface area contributed by atoms with E-state index in [1.165, 1.54) is 4.31 Å². The number of hydrogen-bond donors (Lipinski definition) is 2. The monoisotopic (exact) mass is 379 g/mol. The van der Waals surface area contributed by atoms with Gasteiger partial charge in [0.15, 0.2) is 0 Å². The second kappa shape index (κ2) is 8.20. The van der Waals surface area contributed by atoms with Gasteiger partial charge in [-0.25, -0.2) is 8.42 Å². The molecule has 1 aliphatic rings. The average molecular weight is 379 g/mol. The maximum atomic E-state index is 12.2. The summed E-state index contributed by atoms with van der Waals surface area (Å²) in [6, 6.07) is 7.99. The molecule has 0 saturated carbocycles. The van der Waals surface area contributed by atoms with Crippen molar-refractivity contribution in [2.45, 2.75) is 25.4 Å². The molecule has 1 saturated heterocycles. The second-order valence-electron chi connectivity index (χ2n) is 6.65. The van der Waals surface area contributed by atoms with Crippen LogP contribution in [0.3, 0.4) is 0 Å². The number of nitrogens with zero attached hydrogens (tertiary/aromatic N) is 1. The van der Waals surface area contributed by atoms with E-state index in [1.54, 1.807) is 0 Å². The van der Waals surface area contributed by atoms with Gasteiger partial charge in [0, 0.05) is 36.8 Å². The van der Waals surface area contributed by atoms with Crippen molar-refractivity contribution < 1.29 is 17.9 Å². The van der Waals surface area contributed by atoms with Crippen LogP contribution >= 0.6 is 0 Å². The van der Waals surface area contributed by atoms with Gasteiger partial charge < -0.3 is 15.0 Å². The summed E-state index contributed by atoms with van der Waals surface area (Å²) < 4.78 is 30.6. The van der Waals surface area contributed by atoms with Crippen molar-refractivity contribution in [2.75, 3.05) is 32.5 Å². The van der Waals surface area contributed by atoms with Crippen molar-refractivity contribution in [1.29, 1.82) is 0 Å². The third-order valence-electron chi connectivity index (χ3n) is 4.61. The van der Waals surface area contributed by atoms with Crippen molar-refractivity contribution in [3.8, 4) is 0 Å². The average Bonchev–Trinajstić information content (AvgIpc) is 3.23. The number of ether oxygens (including phenoxy) is 1. The van der Waals surface area contributed by atoms with Gasteiger partial charge in [-0.1, -0.05) is 18.2 Å². The third kappa shape index (κ3) is 4.84. The number of hydrogen-bond acceptors (Lipinski definition) is 4. The highest BCUT2D eigenvalue weighted by Crippen LogP contribution is 2.18. The molecular weight excluding hydrogens is 354 g/mol. The molecule has 1 atom stereocenters. The van der Waals surface area contributed by atoms with Gasteiger partial charge in [-0.2, -0.15) is 4.31 Å². The van der Waals surface area contributed by atoms with Crippen molar-refractivity contribution >= 4 is 26.8 Å². The molecule has 1 aliphatic heterocycles. The molecule has 2 N–H and O–H groups in total. The van der Waals surface area contributed by atoms with Crippen LogP contribution < -0.4 is 5.32 Å². The molecule has 8 heteroatoms. The number of aromatic nitrogens is 1. The fourth-order valence-electron chi connectivity index (χ4n) is 3.22. The Labute approximate surface area is 153 Å². The summed E-state index contributed by atoms with van der Waals surface area (Å²) in [5, 5.41) is 3.95. The number of para-hydroxylation sites is 1. The molecule has 2 heterocycles. The first-order valence-electron chi connectivity index (χ1n) is 8.82. The third-order valence-corrected chi connectivity index (χ3v) is 5.83. The van der Waals surface area contributed by atoms with E-state index in [9.17, 15) is 13.2 Å². The van der Waals surface area contributed by atoms with Crippen LogP contribution in [0.5, 0.6) is 0 Å². The number of H-pyrrole nitrogens is 1. The maximum Gasteiger partial charge on any atom is 0.235 e. The predicted octanol–water partition coefficient (Wildman–Crippen LogP) is 1.27. The molecule has 0 spiro atoms. The van der Waals surface area contributed by atoms with Crippen molar-refractivity contribution in [3.05, 3.63) is 36.0 Å². The summed E-state index contributed by atoms with van der Waals surface area (Å²) in [7, 11) is -3.46. The summed E-state index contributed by atoms with van der Waals surface area (Å²) in [5.74, 6) is -0.298. The number of fused-ring (bicyclic) bond motifs is 1. The summed E-state index contributed by atoms with van der Waals surface area (Å²) in [5.41, 5.74) is 2.19. The fraction of sp³-hybridized carbons (Fsp3) is 0.500. The Bertz CT molecular complexity index is 856. The Kier molecular flexibility index (Phi) is 5.95. The van der Waals surface area contributed by atoms with Gasteiger partial charge in [0.2, 0.25) is 15.9 Å². The number of rotatable bonds is 8. The highest BCUT2D eigenvalue weighted by molar-refractivity contribution is 7.88. The molecule has 2 aromatic rings. The van der Waals surface area contributed by atoms with E-state index in [2.05, 4.69) is 10.3 Å². The van der Waals surface area contributed by atoms with Crippen LogP contribution in [0.2, 0.25) is 0 Å². The van der Waals surface area contributed by atoms with E-state index in [0.29, 0.717) is 19.6 Å². The highest BCUT2D eigenvalue weighted by atomic mass is 32.2. The normalized spacial score (nSPS) is 17.8. The van der Waals surface area contributed by atoms with E-state index in [1.807, 2.05) is 30.5 Å². The Hall–Kier alpha value is -1.90. The minimum absolute atomic E-state index is 0.122. The lowest BCUT2D eigenvalue weighted by Crippen LogP contribution is -2.44. The first kappa shape index (κ1) is 18.9. The lowest BCUT2D eigenvalue weighted by molar-refractivity contribution is -0.121. The fourth-order valence-corrected chi connectivity index (χ4v) is 4.01. The van der Waals surface area contributed by atoms with Gasteiger partial charge in [0.05, 0.1) is 18.9 Å². The van der Waals surface area contributed by atoms with Crippen LogP contribution in [-0.4, -0.2) is 62.2 Å². The number of benzene rings is 1. The van der Waals surface area contributed by atoms with E-state index in [0.717, 1.165) is 35.6 Å². The zero-order valence-corrected chi connectivity index (χ0v) is 15.7. The van der Waals surface area contributed by atoms with E-state index >= 15 is 0 Å². The maximum absolute atomic E-state index is 12.2. The number of nitrogens with one attached hydrogen (secondary N) is 2. The van der Waals surface area contributed by atoms with Gasteiger partial charge in [0.1, 0.15) is 0 Å². The first-order chi connectivity index (χ1) is 12.4. The Morgan fingerprint density at radius 2 is 2.19 bits per heavy atom. The van der Waals surface area contributed by atoms with Crippen LogP contribution in [-0.2, 0) is 26.0 Å². The van der Waals surface area contributed by atoms with Gasteiger partial charge in [-0.3, -0.25) is 4.79 Å². The topological polar surface area (TPSA) is 91.5 Å². The zero-order chi connectivity index (χ0) is 18.6. The quantitative estimate of drug-likeness (QED) is 0.722. The summed E-state index contributed by atoms with van der Waals surface area (Å²) in [6.07, 6.45) is 5.38. The van der Waals surface area contributed by atoms with Gasteiger partial charge in [-0.05, 0) is 30.9 Å². The minimum Gasteiger partial charge on any atom is -0.377 e. The van der Waals surface area contributed by atoms with Crippen molar-refractivity contribution in [1.82, 2.24) is 14.6 Å². The molecular formula is C18H25N3O4S. The number of amides is 1. The lowest BCUT2D eigenvalue weighted by atomic mass is 10.1. The number of carbonyl (C=O) groups excluding carboxylic acids is 1. The van der Waals surface area contributed by atoms with Crippen molar-refractivity contribution in [3.63, 3.8) is 0 Å².